The molecule has 2 aromatic rings. The van der Waals surface area contributed by atoms with Crippen LogP contribution in [0.3, 0.4) is 0 Å². The molecule has 0 saturated carbocycles. The van der Waals surface area contributed by atoms with Crippen LogP contribution in [0.5, 0.6) is 0 Å². The number of nitrogens with one attached hydrogen (secondary N) is 1. The molecule has 0 spiro atoms. The first-order chi connectivity index (χ1) is 9.11. The lowest BCUT2D eigenvalue weighted by molar-refractivity contribution is 0.876. The third-order valence-electron chi connectivity index (χ3n) is 3.68. The number of benzene rings is 2. The normalized spacial score (nSPS) is 12.2. The highest BCUT2D eigenvalue weighted by Gasteiger charge is 2.09. The van der Waals surface area contributed by atoms with E-state index in [-0.39, 0.29) is 0 Å². The Morgan fingerprint density at radius 3 is 2.32 bits per heavy atom. The molecule has 2 aromatic carbocycles. The zero-order valence-electron chi connectivity index (χ0n) is 12.3. The first kappa shape index (κ1) is 13.7. The predicted octanol–water partition coefficient (Wildman–Crippen LogP) is 5.04. The fourth-order valence-corrected chi connectivity index (χ4v) is 2.38. The third kappa shape index (κ3) is 3.17. The number of hydrogen-bond donors (Lipinski definition) is 1. The summed E-state index contributed by atoms with van der Waals surface area (Å²) in [5.74, 6) is 0. The monoisotopic (exact) mass is 253 g/mol. The van der Waals surface area contributed by atoms with E-state index in [4.69, 9.17) is 0 Å². The molecule has 2 rings (SSSR count). The van der Waals surface area contributed by atoms with Crippen LogP contribution in [0.4, 0.5) is 5.69 Å². The number of aryl methyl sites for hydroxylation is 3. The number of rotatable bonds is 4. The van der Waals surface area contributed by atoms with Gasteiger partial charge in [-0.25, -0.2) is 0 Å². The molecule has 0 aliphatic heterocycles. The van der Waals surface area contributed by atoms with Gasteiger partial charge in [0.2, 0.25) is 0 Å². The molecule has 1 N–H and O–H groups in total. The molecular weight excluding hydrogens is 230 g/mol. The third-order valence-corrected chi connectivity index (χ3v) is 3.68. The summed E-state index contributed by atoms with van der Waals surface area (Å²) in [6, 6.07) is 15.6. The van der Waals surface area contributed by atoms with E-state index in [1.807, 2.05) is 0 Å². The number of para-hydroxylation sites is 1. The Kier molecular flexibility index (Phi) is 4.26. The smallest absolute Gasteiger partial charge is 0.0485 e. The predicted molar refractivity (Wildman–Crippen MR) is 83.8 cm³/mol. The molecule has 0 heterocycles. The van der Waals surface area contributed by atoms with Gasteiger partial charge in [0.25, 0.3) is 0 Å². The Morgan fingerprint density at radius 1 is 1.00 bits per heavy atom. The Hall–Kier alpha value is -1.76. The van der Waals surface area contributed by atoms with Gasteiger partial charge in [-0.2, -0.15) is 0 Å². The van der Waals surface area contributed by atoms with Gasteiger partial charge in [0.05, 0.1) is 0 Å². The highest BCUT2D eigenvalue weighted by atomic mass is 14.9. The Morgan fingerprint density at radius 2 is 1.68 bits per heavy atom. The summed E-state index contributed by atoms with van der Waals surface area (Å²) in [5, 5.41) is 3.67. The summed E-state index contributed by atoms with van der Waals surface area (Å²) in [6.45, 7) is 8.72. The van der Waals surface area contributed by atoms with Crippen molar-refractivity contribution >= 4 is 5.69 Å². The van der Waals surface area contributed by atoms with Gasteiger partial charge < -0.3 is 5.32 Å². The van der Waals surface area contributed by atoms with Gasteiger partial charge in [-0.05, 0) is 43.9 Å². The lowest BCUT2D eigenvalue weighted by atomic mass is 10.0. The lowest BCUT2D eigenvalue weighted by Crippen LogP contribution is -2.09. The minimum atomic E-state index is 0.326. The minimum absolute atomic E-state index is 0.326. The van der Waals surface area contributed by atoms with E-state index in [1.165, 1.54) is 27.9 Å². The van der Waals surface area contributed by atoms with Crippen molar-refractivity contribution in [3.63, 3.8) is 0 Å². The van der Waals surface area contributed by atoms with Crippen LogP contribution in [0.1, 0.15) is 42.1 Å². The van der Waals surface area contributed by atoms with Gasteiger partial charge in [0.1, 0.15) is 0 Å². The molecular formula is C18H23N. The maximum absolute atomic E-state index is 3.67. The summed E-state index contributed by atoms with van der Waals surface area (Å²) < 4.78 is 0. The van der Waals surface area contributed by atoms with Crippen LogP contribution < -0.4 is 5.32 Å². The molecule has 19 heavy (non-hydrogen) atoms. The molecule has 1 nitrogen and oxygen atoms in total. The molecule has 0 aliphatic carbocycles. The van der Waals surface area contributed by atoms with Gasteiger partial charge in [-0.3, -0.25) is 0 Å². The van der Waals surface area contributed by atoms with Crippen molar-refractivity contribution in [1.82, 2.24) is 0 Å². The molecule has 1 atom stereocenters. The quantitative estimate of drug-likeness (QED) is 0.805. The van der Waals surface area contributed by atoms with E-state index in [1.54, 1.807) is 0 Å². The van der Waals surface area contributed by atoms with Crippen LogP contribution in [0.2, 0.25) is 0 Å². The van der Waals surface area contributed by atoms with Gasteiger partial charge in [0, 0.05) is 11.7 Å². The van der Waals surface area contributed by atoms with Gasteiger partial charge in [-0.15, -0.1) is 0 Å². The van der Waals surface area contributed by atoms with Crippen LogP contribution >= 0.6 is 0 Å². The van der Waals surface area contributed by atoms with Crippen molar-refractivity contribution < 1.29 is 0 Å². The van der Waals surface area contributed by atoms with Crippen LogP contribution in [0.15, 0.2) is 42.5 Å². The molecule has 100 valence electrons. The van der Waals surface area contributed by atoms with E-state index in [0.717, 1.165) is 6.42 Å². The number of anilines is 1. The Balaban J connectivity index is 2.23. The fourth-order valence-electron chi connectivity index (χ4n) is 2.38. The summed E-state index contributed by atoms with van der Waals surface area (Å²) in [4.78, 5) is 0. The van der Waals surface area contributed by atoms with Crippen LogP contribution in [0, 0.1) is 13.8 Å². The summed E-state index contributed by atoms with van der Waals surface area (Å²) in [7, 11) is 0. The standard InChI is InChI=1S/C18H23N/c1-5-16-8-6-7-14(3)18(16)19-15(4)17-11-9-13(2)10-12-17/h6-12,15,19H,5H2,1-4H3. The molecule has 0 bridgehead atoms. The van der Waals surface area contributed by atoms with Crippen molar-refractivity contribution in [1.29, 1.82) is 0 Å². The second kappa shape index (κ2) is 5.92. The van der Waals surface area contributed by atoms with Crippen molar-refractivity contribution in [2.24, 2.45) is 0 Å². The van der Waals surface area contributed by atoms with E-state index in [2.05, 4.69) is 75.5 Å². The van der Waals surface area contributed by atoms with Gasteiger partial charge >= 0.3 is 0 Å². The SMILES string of the molecule is CCc1cccc(C)c1NC(C)c1ccc(C)cc1. The highest BCUT2D eigenvalue weighted by Crippen LogP contribution is 2.26. The van der Waals surface area contributed by atoms with Gasteiger partial charge in [0.15, 0.2) is 0 Å². The largest absolute Gasteiger partial charge is 0.378 e. The molecule has 0 amide bonds. The van der Waals surface area contributed by atoms with E-state index < -0.39 is 0 Å². The minimum Gasteiger partial charge on any atom is -0.378 e. The highest BCUT2D eigenvalue weighted by molar-refractivity contribution is 5.58. The summed E-state index contributed by atoms with van der Waals surface area (Å²) in [5.41, 5.74) is 6.63. The first-order valence-corrected chi connectivity index (χ1v) is 7.03. The van der Waals surface area contributed by atoms with Crippen LogP contribution in [0.25, 0.3) is 0 Å². The van der Waals surface area contributed by atoms with Crippen molar-refractivity contribution in [3.8, 4) is 0 Å². The zero-order valence-corrected chi connectivity index (χ0v) is 12.3. The van der Waals surface area contributed by atoms with E-state index >= 15 is 0 Å². The molecule has 0 saturated heterocycles. The Labute approximate surface area is 116 Å². The average molecular weight is 253 g/mol. The maximum atomic E-state index is 3.67. The van der Waals surface area contributed by atoms with Crippen LogP contribution in [-0.2, 0) is 6.42 Å². The van der Waals surface area contributed by atoms with Crippen molar-refractivity contribution in [3.05, 3.63) is 64.7 Å². The van der Waals surface area contributed by atoms with Gasteiger partial charge in [-0.1, -0.05) is 55.0 Å². The topological polar surface area (TPSA) is 12.0 Å². The molecule has 0 aliphatic rings. The molecule has 1 heteroatoms. The summed E-state index contributed by atoms with van der Waals surface area (Å²) in [6.07, 6.45) is 1.06. The molecule has 0 aromatic heterocycles. The second-order valence-corrected chi connectivity index (χ2v) is 5.24. The van der Waals surface area contributed by atoms with E-state index in [9.17, 15) is 0 Å². The number of hydrogen-bond acceptors (Lipinski definition) is 1. The van der Waals surface area contributed by atoms with Crippen LogP contribution in [-0.4, -0.2) is 0 Å². The zero-order chi connectivity index (χ0) is 13.8. The lowest BCUT2D eigenvalue weighted by Gasteiger charge is -2.20. The maximum Gasteiger partial charge on any atom is 0.0485 e. The van der Waals surface area contributed by atoms with Crippen molar-refractivity contribution in [2.45, 2.75) is 40.2 Å². The summed E-state index contributed by atoms with van der Waals surface area (Å²) >= 11 is 0. The first-order valence-electron chi connectivity index (χ1n) is 7.03. The molecule has 0 fully saturated rings. The second-order valence-electron chi connectivity index (χ2n) is 5.24. The molecule has 0 radical (unpaired) electrons. The van der Waals surface area contributed by atoms with E-state index in [0.29, 0.717) is 6.04 Å². The van der Waals surface area contributed by atoms with Crippen molar-refractivity contribution in [2.75, 3.05) is 5.32 Å². The molecule has 1 unspecified atom stereocenters. The Bertz CT molecular complexity index is 540. The fraction of sp³-hybridized carbons (Fsp3) is 0.333. The average Bonchev–Trinajstić information content (AvgIpc) is 2.41.